The van der Waals surface area contributed by atoms with E-state index in [1.807, 2.05) is 0 Å². The summed E-state index contributed by atoms with van der Waals surface area (Å²) in [6.07, 6.45) is -0.932. The summed E-state index contributed by atoms with van der Waals surface area (Å²) in [5.74, 6) is -0.759. The molecule has 13 heavy (non-hydrogen) atoms. The van der Waals surface area contributed by atoms with Crippen molar-refractivity contribution in [3.63, 3.8) is 0 Å². The molecule has 0 radical (unpaired) electrons. The van der Waals surface area contributed by atoms with E-state index in [2.05, 4.69) is 5.32 Å². The third-order valence-corrected chi connectivity index (χ3v) is 1.15. The van der Waals surface area contributed by atoms with Crippen LogP contribution in [0.1, 0.15) is 27.7 Å². The molecule has 5 nitrogen and oxygen atoms in total. The van der Waals surface area contributed by atoms with E-state index in [1.165, 1.54) is 13.8 Å². The van der Waals surface area contributed by atoms with Gasteiger partial charge in [-0.2, -0.15) is 0 Å². The number of hydrogen-bond donors (Lipinski definition) is 1. The van der Waals surface area contributed by atoms with E-state index in [0.717, 1.165) is 0 Å². The van der Waals surface area contributed by atoms with E-state index in [4.69, 9.17) is 9.47 Å². The van der Waals surface area contributed by atoms with Crippen LogP contribution in [-0.4, -0.2) is 24.4 Å². The maximum absolute atomic E-state index is 10.5. The minimum absolute atomic E-state index is 0.380. The van der Waals surface area contributed by atoms with Gasteiger partial charge in [-0.1, -0.05) is 0 Å². The van der Waals surface area contributed by atoms with E-state index < -0.39 is 12.5 Å². The van der Waals surface area contributed by atoms with Crippen LogP contribution in [0.5, 0.6) is 0 Å². The largest absolute Gasteiger partial charge is 0.447 e. The van der Waals surface area contributed by atoms with Gasteiger partial charge >= 0.3 is 11.9 Å². The number of ether oxygens (including phenoxy) is 2. The Bertz CT molecular complexity index is 173. The summed E-state index contributed by atoms with van der Waals surface area (Å²) in [5.41, 5.74) is 0. The van der Waals surface area contributed by atoms with E-state index >= 15 is 0 Å². The predicted molar refractivity (Wildman–Crippen MR) is 45.6 cm³/mol. The topological polar surface area (TPSA) is 64.6 Å². The first-order chi connectivity index (χ1) is 5.91. The number of nitrogens with one attached hydrogen (secondary N) is 1. The number of carbonyl (C=O) groups is 2. The van der Waals surface area contributed by atoms with Gasteiger partial charge in [-0.3, -0.25) is 9.59 Å². The van der Waals surface area contributed by atoms with Crippen molar-refractivity contribution in [2.24, 2.45) is 0 Å². The second kappa shape index (κ2) is 5.53. The maximum atomic E-state index is 10.5. The molecular weight excluding hydrogens is 174 g/mol. The molecule has 5 heteroatoms. The SMILES string of the molecule is CC(=O)OC(C)NC(C)OC(C)=O. The van der Waals surface area contributed by atoms with Crippen molar-refractivity contribution in [2.75, 3.05) is 0 Å². The van der Waals surface area contributed by atoms with Crippen LogP contribution in [-0.2, 0) is 19.1 Å². The maximum Gasteiger partial charge on any atom is 0.304 e. The minimum Gasteiger partial charge on any atom is -0.447 e. The molecule has 0 aliphatic rings. The molecule has 0 aliphatic carbocycles. The van der Waals surface area contributed by atoms with Gasteiger partial charge in [0.15, 0.2) is 12.5 Å². The third-order valence-electron chi connectivity index (χ3n) is 1.15. The van der Waals surface area contributed by atoms with Crippen LogP contribution in [0.15, 0.2) is 0 Å². The summed E-state index contributed by atoms with van der Waals surface area (Å²) in [6, 6.07) is 0. The summed E-state index contributed by atoms with van der Waals surface area (Å²) >= 11 is 0. The molecule has 0 spiro atoms. The lowest BCUT2D eigenvalue weighted by molar-refractivity contribution is -0.154. The zero-order valence-corrected chi connectivity index (χ0v) is 8.29. The highest BCUT2D eigenvalue weighted by Gasteiger charge is 2.10. The second-order valence-electron chi connectivity index (χ2n) is 2.67. The molecule has 2 unspecified atom stereocenters. The fourth-order valence-electron chi connectivity index (χ4n) is 0.896. The van der Waals surface area contributed by atoms with Gasteiger partial charge in [0.2, 0.25) is 0 Å². The van der Waals surface area contributed by atoms with Gasteiger partial charge in [0.05, 0.1) is 0 Å². The van der Waals surface area contributed by atoms with Crippen molar-refractivity contribution in [2.45, 2.75) is 40.2 Å². The Kier molecular flexibility index (Phi) is 5.06. The Morgan fingerprint density at radius 2 is 1.31 bits per heavy atom. The number of hydrogen-bond acceptors (Lipinski definition) is 5. The molecule has 0 aromatic rings. The average Bonchev–Trinajstić information content (AvgIpc) is 1.80. The zero-order chi connectivity index (χ0) is 10.4. The van der Waals surface area contributed by atoms with E-state index in [0.29, 0.717) is 0 Å². The molecule has 0 aromatic carbocycles. The molecule has 0 aliphatic heterocycles. The predicted octanol–water partition coefficient (Wildman–Crippen LogP) is 0.394. The minimum atomic E-state index is -0.466. The van der Waals surface area contributed by atoms with Crippen molar-refractivity contribution >= 4 is 11.9 Å². The van der Waals surface area contributed by atoms with Crippen molar-refractivity contribution in [3.05, 3.63) is 0 Å². The Morgan fingerprint density at radius 1 is 1.00 bits per heavy atom. The molecule has 1 N–H and O–H groups in total. The Hall–Kier alpha value is -1.10. The van der Waals surface area contributed by atoms with Gasteiger partial charge < -0.3 is 9.47 Å². The monoisotopic (exact) mass is 189 g/mol. The lowest BCUT2D eigenvalue weighted by atomic mass is 10.5. The highest BCUT2D eigenvalue weighted by molar-refractivity contribution is 5.66. The van der Waals surface area contributed by atoms with Crippen molar-refractivity contribution < 1.29 is 19.1 Å². The van der Waals surface area contributed by atoms with Gasteiger partial charge in [0, 0.05) is 13.8 Å². The van der Waals surface area contributed by atoms with Crippen LogP contribution in [0.2, 0.25) is 0 Å². The van der Waals surface area contributed by atoms with Crippen LogP contribution in [0.25, 0.3) is 0 Å². The first-order valence-electron chi connectivity index (χ1n) is 4.02. The Morgan fingerprint density at radius 3 is 1.54 bits per heavy atom. The molecule has 0 bridgehead atoms. The van der Waals surface area contributed by atoms with Crippen molar-refractivity contribution in [3.8, 4) is 0 Å². The highest BCUT2D eigenvalue weighted by Crippen LogP contribution is 1.92. The van der Waals surface area contributed by atoms with E-state index in [-0.39, 0.29) is 11.9 Å². The molecule has 0 amide bonds. The van der Waals surface area contributed by atoms with Crippen LogP contribution in [0, 0.1) is 0 Å². The van der Waals surface area contributed by atoms with Crippen molar-refractivity contribution in [1.29, 1.82) is 0 Å². The van der Waals surface area contributed by atoms with Crippen LogP contribution in [0.3, 0.4) is 0 Å². The zero-order valence-electron chi connectivity index (χ0n) is 8.29. The lowest BCUT2D eigenvalue weighted by Crippen LogP contribution is -2.39. The molecule has 76 valence electrons. The normalized spacial score (nSPS) is 14.5. The van der Waals surface area contributed by atoms with E-state index in [1.54, 1.807) is 13.8 Å². The molecule has 0 heterocycles. The van der Waals surface area contributed by atoms with Crippen LogP contribution >= 0.6 is 0 Å². The van der Waals surface area contributed by atoms with Gasteiger partial charge in [0.1, 0.15) is 0 Å². The van der Waals surface area contributed by atoms with Crippen LogP contribution in [0.4, 0.5) is 0 Å². The first kappa shape index (κ1) is 11.9. The average molecular weight is 189 g/mol. The summed E-state index contributed by atoms with van der Waals surface area (Å²) in [7, 11) is 0. The molecule has 0 saturated carbocycles. The number of rotatable bonds is 4. The fraction of sp³-hybridized carbons (Fsp3) is 0.750. The molecular formula is C8H15NO4. The Balaban J connectivity index is 3.70. The number of carbonyl (C=O) groups excluding carboxylic acids is 2. The molecule has 2 atom stereocenters. The first-order valence-corrected chi connectivity index (χ1v) is 4.02. The van der Waals surface area contributed by atoms with Crippen LogP contribution < -0.4 is 5.32 Å². The second-order valence-corrected chi connectivity index (χ2v) is 2.67. The van der Waals surface area contributed by atoms with Gasteiger partial charge in [0.25, 0.3) is 0 Å². The molecule has 0 aromatic heterocycles. The smallest absolute Gasteiger partial charge is 0.304 e. The molecule has 0 saturated heterocycles. The highest BCUT2D eigenvalue weighted by atomic mass is 16.6. The van der Waals surface area contributed by atoms with Gasteiger partial charge in [-0.15, -0.1) is 0 Å². The number of esters is 2. The summed E-state index contributed by atoms with van der Waals surface area (Å²) in [4.78, 5) is 21.0. The van der Waals surface area contributed by atoms with Crippen molar-refractivity contribution in [1.82, 2.24) is 5.32 Å². The standard InChI is InChI=1S/C8H15NO4/c1-5(12-7(3)10)9-6(2)13-8(4)11/h5-6,9H,1-4H3. The Labute approximate surface area is 77.4 Å². The third kappa shape index (κ3) is 7.27. The summed E-state index contributed by atoms with van der Waals surface area (Å²) in [6.45, 7) is 5.94. The summed E-state index contributed by atoms with van der Waals surface area (Å²) < 4.78 is 9.52. The summed E-state index contributed by atoms with van der Waals surface area (Å²) in [5, 5.41) is 2.76. The molecule has 0 rings (SSSR count). The molecule has 0 fully saturated rings. The quantitative estimate of drug-likeness (QED) is 0.512. The lowest BCUT2D eigenvalue weighted by Gasteiger charge is -2.19. The van der Waals surface area contributed by atoms with E-state index in [9.17, 15) is 9.59 Å². The fourth-order valence-corrected chi connectivity index (χ4v) is 0.896. The van der Waals surface area contributed by atoms with Gasteiger partial charge in [-0.25, -0.2) is 5.32 Å². The van der Waals surface area contributed by atoms with Gasteiger partial charge in [-0.05, 0) is 13.8 Å².